The smallest absolute Gasteiger partial charge is 0.244 e. The fraction of sp³-hybridized carbons (Fsp3) is 0.684. The van der Waals surface area contributed by atoms with Crippen molar-refractivity contribution in [3.05, 3.63) is 18.2 Å². The molecule has 0 aromatic heterocycles. The maximum absolute atomic E-state index is 13.1. The SMILES string of the molecule is COc1ccc(OC)c(S(=O)(=O)NCC2(N3CCOCC3)CCCCC2)c1. The summed E-state index contributed by atoms with van der Waals surface area (Å²) < 4.78 is 44.9. The Morgan fingerprint density at radius 2 is 1.81 bits per heavy atom. The lowest BCUT2D eigenvalue weighted by Crippen LogP contribution is -2.59. The lowest BCUT2D eigenvalue weighted by molar-refractivity contribution is -0.0348. The van der Waals surface area contributed by atoms with E-state index in [1.165, 1.54) is 26.7 Å². The van der Waals surface area contributed by atoms with Crippen LogP contribution < -0.4 is 14.2 Å². The topological polar surface area (TPSA) is 77.1 Å². The summed E-state index contributed by atoms with van der Waals surface area (Å²) in [5.74, 6) is 0.795. The van der Waals surface area contributed by atoms with Crippen molar-refractivity contribution >= 4 is 10.0 Å². The highest BCUT2D eigenvalue weighted by Gasteiger charge is 2.39. The van der Waals surface area contributed by atoms with Gasteiger partial charge in [-0.3, -0.25) is 4.90 Å². The van der Waals surface area contributed by atoms with Crippen molar-refractivity contribution < 1.29 is 22.6 Å². The molecule has 1 aromatic rings. The van der Waals surface area contributed by atoms with Crippen LogP contribution in [-0.2, 0) is 14.8 Å². The Morgan fingerprint density at radius 1 is 1.11 bits per heavy atom. The zero-order chi connectivity index (χ0) is 19.3. The fourth-order valence-corrected chi connectivity index (χ4v) is 5.46. The molecule has 1 saturated heterocycles. The third kappa shape index (κ3) is 4.56. The van der Waals surface area contributed by atoms with E-state index in [9.17, 15) is 8.42 Å². The van der Waals surface area contributed by atoms with Gasteiger partial charge in [0, 0.05) is 31.2 Å². The zero-order valence-electron chi connectivity index (χ0n) is 16.2. The van der Waals surface area contributed by atoms with E-state index in [4.69, 9.17) is 14.2 Å². The number of morpholine rings is 1. The van der Waals surface area contributed by atoms with Crippen LogP contribution in [0.2, 0.25) is 0 Å². The van der Waals surface area contributed by atoms with Gasteiger partial charge in [-0.25, -0.2) is 13.1 Å². The first kappa shape index (κ1) is 20.4. The molecule has 1 aromatic carbocycles. The van der Waals surface area contributed by atoms with E-state index in [-0.39, 0.29) is 10.4 Å². The van der Waals surface area contributed by atoms with Gasteiger partial charge in [0.05, 0.1) is 27.4 Å². The first-order valence-corrected chi connectivity index (χ1v) is 11.0. The van der Waals surface area contributed by atoms with Gasteiger partial charge in [-0.15, -0.1) is 0 Å². The van der Waals surface area contributed by atoms with Crippen LogP contribution >= 0.6 is 0 Å². The largest absolute Gasteiger partial charge is 0.497 e. The van der Waals surface area contributed by atoms with Crippen molar-refractivity contribution in [2.45, 2.75) is 42.5 Å². The number of nitrogens with zero attached hydrogens (tertiary/aromatic N) is 1. The van der Waals surface area contributed by atoms with Crippen molar-refractivity contribution in [2.75, 3.05) is 47.1 Å². The average molecular weight is 399 g/mol. The average Bonchev–Trinajstić information content (AvgIpc) is 2.73. The molecule has 3 rings (SSSR count). The second kappa shape index (κ2) is 8.77. The summed E-state index contributed by atoms with van der Waals surface area (Å²) in [5, 5.41) is 0. The van der Waals surface area contributed by atoms with Crippen LogP contribution in [0, 0.1) is 0 Å². The number of ether oxygens (including phenoxy) is 3. The standard InChI is InChI=1S/C19H30N2O5S/c1-24-16-6-7-17(25-2)18(14-16)27(22,23)20-15-19(8-4-3-5-9-19)21-10-12-26-13-11-21/h6-7,14,20H,3-5,8-13,15H2,1-2H3. The van der Waals surface area contributed by atoms with E-state index in [0.29, 0.717) is 31.3 Å². The molecule has 7 nitrogen and oxygen atoms in total. The molecule has 27 heavy (non-hydrogen) atoms. The Hall–Kier alpha value is -1.35. The van der Waals surface area contributed by atoms with Gasteiger partial charge in [0.25, 0.3) is 0 Å². The fourth-order valence-electron chi connectivity index (χ4n) is 4.15. The summed E-state index contributed by atoms with van der Waals surface area (Å²) >= 11 is 0. The van der Waals surface area contributed by atoms with E-state index >= 15 is 0 Å². The lowest BCUT2D eigenvalue weighted by Gasteiger charge is -2.48. The molecule has 0 unspecified atom stereocenters. The summed E-state index contributed by atoms with van der Waals surface area (Å²) in [6.07, 6.45) is 5.47. The van der Waals surface area contributed by atoms with Crippen molar-refractivity contribution in [2.24, 2.45) is 0 Å². The monoisotopic (exact) mass is 398 g/mol. The molecular weight excluding hydrogens is 368 g/mol. The summed E-state index contributed by atoms with van der Waals surface area (Å²) in [4.78, 5) is 2.53. The van der Waals surface area contributed by atoms with E-state index in [1.54, 1.807) is 12.1 Å². The van der Waals surface area contributed by atoms with Gasteiger partial charge in [0.2, 0.25) is 10.0 Å². The van der Waals surface area contributed by atoms with Gasteiger partial charge in [0.1, 0.15) is 16.4 Å². The third-order valence-electron chi connectivity index (χ3n) is 5.72. The van der Waals surface area contributed by atoms with Gasteiger partial charge in [-0.2, -0.15) is 0 Å². The molecule has 0 bridgehead atoms. The summed E-state index contributed by atoms with van der Waals surface area (Å²) in [6, 6.07) is 4.81. The van der Waals surface area contributed by atoms with Gasteiger partial charge in [-0.05, 0) is 25.0 Å². The predicted molar refractivity (Wildman–Crippen MR) is 103 cm³/mol. The lowest BCUT2D eigenvalue weighted by atomic mass is 9.80. The maximum Gasteiger partial charge on any atom is 0.244 e. The van der Waals surface area contributed by atoms with E-state index in [2.05, 4.69) is 9.62 Å². The highest BCUT2D eigenvalue weighted by Crippen LogP contribution is 2.35. The summed E-state index contributed by atoms with van der Waals surface area (Å²) in [6.45, 7) is 3.51. The van der Waals surface area contributed by atoms with Crippen molar-refractivity contribution in [3.8, 4) is 11.5 Å². The molecule has 2 fully saturated rings. The summed E-state index contributed by atoms with van der Waals surface area (Å²) in [7, 11) is -0.740. The van der Waals surface area contributed by atoms with Crippen LogP contribution in [0.5, 0.6) is 11.5 Å². The number of methoxy groups -OCH3 is 2. The molecule has 8 heteroatoms. The third-order valence-corrected chi connectivity index (χ3v) is 7.14. The maximum atomic E-state index is 13.1. The van der Waals surface area contributed by atoms with Crippen LogP contribution in [-0.4, -0.2) is 65.9 Å². The van der Waals surface area contributed by atoms with E-state index < -0.39 is 10.0 Å². The Kier molecular flexibility index (Phi) is 6.62. The Morgan fingerprint density at radius 3 is 2.44 bits per heavy atom. The van der Waals surface area contributed by atoms with Crippen LogP contribution in [0.4, 0.5) is 0 Å². The Balaban J connectivity index is 1.82. The molecule has 1 N–H and O–H groups in total. The Labute approximate surface area is 162 Å². The van der Waals surface area contributed by atoms with E-state index in [0.717, 1.165) is 38.8 Å². The van der Waals surface area contributed by atoms with Crippen molar-refractivity contribution in [3.63, 3.8) is 0 Å². The molecule has 1 aliphatic heterocycles. The zero-order valence-corrected chi connectivity index (χ0v) is 17.0. The molecular formula is C19H30N2O5S. The minimum absolute atomic E-state index is 0.109. The van der Waals surface area contributed by atoms with E-state index in [1.807, 2.05) is 0 Å². The minimum atomic E-state index is -3.72. The van der Waals surface area contributed by atoms with Crippen molar-refractivity contribution in [1.29, 1.82) is 0 Å². The molecule has 0 radical (unpaired) electrons. The quantitative estimate of drug-likeness (QED) is 0.757. The number of benzene rings is 1. The highest BCUT2D eigenvalue weighted by molar-refractivity contribution is 7.89. The molecule has 0 spiro atoms. The molecule has 1 heterocycles. The number of rotatable bonds is 7. The number of sulfonamides is 1. The van der Waals surface area contributed by atoms with Crippen molar-refractivity contribution in [1.82, 2.24) is 9.62 Å². The molecule has 2 aliphatic rings. The number of hydrogen-bond donors (Lipinski definition) is 1. The van der Waals surface area contributed by atoms with Gasteiger partial charge in [-0.1, -0.05) is 19.3 Å². The highest BCUT2D eigenvalue weighted by atomic mass is 32.2. The first-order valence-electron chi connectivity index (χ1n) is 9.55. The Bertz CT molecular complexity index is 726. The number of hydrogen-bond acceptors (Lipinski definition) is 6. The van der Waals surface area contributed by atoms with Crippen LogP contribution in [0.1, 0.15) is 32.1 Å². The second-order valence-corrected chi connectivity index (χ2v) is 8.96. The van der Waals surface area contributed by atoms with Gasteiger partial charge >= 0.3 is 0 Å². The molecule has 1 aliphatic carbocycles. The van der Waals surface area contributed by atoms with Gasteiger partial charge in [0.15, 0.2) is 0 Å². The molecule has 0 amide bonds. The second-order valence-electron chi connectivity index (χ2n) is 7.23. The minimum Gasteiger partial charge on any atom is -0.497 e. The predicted octanol–water partition coefficient (Wildman–Crippen LogP) is 2.02. The molecule has 152 valence electrons. The normalized spacial score (nSPS) is 21.0. The van der Waals surface area contributed by atoms with Gasteiger partial charge < -0.3 is 14.2 Å². The van der Waals surface area contributed by atoms with Crippen LogP contribution in [0.25, 0.3) is 0 Å². The van der Waals surface area contributed by atoms with Crippen LogP contribution in [0.15, 0.2) is 23.1 Å². The first-order chi connectivity index (χ1) is 13.0. The molecule has 0 atom stereocenters. The number of nitrogens with one attached hydrogen (secondary N) is 1. The van der Waals surface area contributed by atoms with Crippen LogP contribution in [0.3, 0.4) is 0 Å². The summed E-state index contributed by atoms with van der Waals surface area (Å²) in [5.41, 5.74) is -0.138. The molecule has 1 saturated carbocycles.